The predicted molar refractivity (Wildman–Crippen MR) is 60.3 cm³/mol. The third kappa shape index (κ3) is 6.50. The van der Waals surface area contributed by atoms with Gasteiger partial charge < -0.3 is 24.5 Å². The van der Waals surface area contributed by atoms with Crippen LogP contribution in [0.25, 0.3) is 0 Å². The number of carbonyl (C=O) groups excluding carboxylic acids is 3. The van der Waals surface area contributed by atoms with Gasteiger partial charge in [0.2, 0.25) is 0 Å². The van der Waals surface area contributed by atoms with Crippen molar-refractivity contribution in [3.8, 4) is 0 Å². The summed E-state index contributed by atoms with van der Waals surface area (Å²) in [6.45, 7) is 4.81. The Morgan fingerprint density at radius 2 is 1.43 bits per heavy atom. The summed E-state index contributed by atoms with van der Waals surface area (Å²) in [5, 5.41) is 21.8. The number of rotatable bonds is 3. The molecule has 0 unspecified atom stereocenters. The van der Waals surface area contributed by atoms with Gasteiger partial charge in [0.25, 0.3) is 0 Å². The second-order valence-corrected chi connectivity index (χ2v) is 4.80. The van der Waals surface area contributed by atoms with E-state index < -0.39 is 34.6 Å². The van der Waals surface area contributed by atoms with Crippen molar-refractivity contribution in [2.75, 3.05) is 0 Å². The zero-order chi connectivity index (χ0) is 14.8. The fourth-order valence-electron chi connectivity index (χ4n) is 1.45. The number of aromatic carboxylic acids is 2. The van der Waals surface area contributed by atoms with Crippen LogP contribution < -0.4 is 69.3 Å². The van der Waals surface area contributed by atoms with Crippen LogP contribution in [0.1, 0.15) is 51.8 Å². The topological polar surface area (TPSA) is 107 Å². The van der Waals surface area contributed by atoms with Crippen LogP contribution >= 0.6 is 0 Å². The van der Waals surface area contributed by atoms with Gasteiger partial charge in [-0.25, -0.2) is 4.79 Å². The molecule has 8 heteroatoms. The Balaban J connectivity index is 0. The van der Waals surface area contributed by atoms with Crippen LogP contribution in [0.2, 0.25) is 0 Å². The van der Waals surface area contributed by atoms with Gasteiger partial charge in [-0.15, -0.1) is 0 Å². The molecule has 0 aliphatic rings. The molecule has 1 aromatic rings. The first-order valence-electron chi connectivity index (χ1n) is 5.42. The smallest absolute Gasteiger partial charge is 0.545 e. The third-order valence-electron chi connectivity index (χ3n) is 2.11. The van der Waals surface area contributed by atoms with Gasteiger partial charge in [0.1, 0.15) is 5.60 Å². The SMILES string of the molecule is CC(C)(C)OC(=O)c1cccc(C(=O)[O-])c1C(=O)[O-].[Na+].[Na+]. The van der Waals surface area contributed by atoms with E-state index in [4.69, 9.17) is 4.74 Å². The second kappa shape index (κ2) is 8.92. The van der Waals surface area contributed by atoms with Crippen molar-refractivity contribution in [3.63, 3.8) is 0 Å². The molecular weight excluding hydrogens is 298 g/mol. The zero-order valence-corrected chi connectivity index (χ0v) is 16.7. The number of benzene rings is 1. The molecule has 0 N–H and O–H groups in total. The average Bonchev–Trinajstić information content (AvgIpc) is 2.25. The molecule has 0 spiro atoms. The van der Waals surface area contributed by atoms with Crippen molar-refractivity contribution >= 4 is 17.9 Å². The van der Waals surface area contributed by atoms with Crippen LogP contribution in [-0.2, 0) is 4.74 Å². The second-order valence-electron chi connectivity index (χ2n) is 4.80. The molecule has 102 valence electrons. The molecule has 0 aliphatic heterocycles. The summed E-state index contributed by atoms with van der Waals surface area (Å²) < 4.78 is 5.01. The van der Waals surface area contributed by atoms with Gasteiger partial charge in [-0.3, -0.25) is 0 Å². The fourth-order valence-corrected chi connectivity index (χ4v) is 1.45. The van der Waals surface area contributed by atoms with Crippen LogP contribution in [0.5, 0.6) is 0 Å². The molecule has 0 saturated carbocycles. The van der Waals surface area contributed by atoms with Gasteiger partial charge in [0, 0.05) is 11.1 Å². The Kier molecular flexibility index (Phi) is 9.73. The number of ether oxygens (including phenoxy) is 1. The molecule has 0 bridgehead atoms. The van der Waals surface area contributed by atoms with E-state index in [0.717, 1.165) is 12.1 Å². The molecule has 0 aromatic heterocycles. The molecular formula is C13H12Na2O6. The minimum atomic E-state index is -1.78. The van der Waals surface area contributed by atoms with Crippen LogP contribution in [0.3, 0.4) is 0 Å². The number of hydrogen-bond acceptors (Lipinski definition) is 6. The molecule has 0 atom stereocenters. The molecule has 0 saturated heterocycles. The minimum absolute atomic E-state index is 0. The predicted octanol–water partition coefficient (Wildman–Crippen LogP) is -6.62. The summed E-state index contributed by atoms with van der Waals surface area (Å²) in [7, 11) is 0. The largest absolute Gasteiger partial charge is 1.00 e. The Hall–Kier alpha value is -0.370. The van der Waals surface area contributed by atoms with Gasteiger partial charge in [0.05, 0.1) is 17.5 Å². The Morgan fingerprint density at radius 3 is 1.81 bits per heavy atom. The third-order valence-corrected chi connectivity index (χ3v) is 2.11. The first-order valence-corrected chi connectivity index (χ1v) is 5.42. The van der Waals surface area contributed by atoms with Crippen molar-refractivity contribution < 1.29 is 88.4 Å². The first kappa shape index (κ1) is 22.9. The van der Waals surface area contributed by atoms with E-state index in [1.54, 1.807) is 20.8 Å². The van der Waals surface area contributed by atoms with Gasteiger partial charge >= 0.3 is 65.1 Å². The molecule has 1 aromatic carbocycles. The summed E-state index contributed by atoms with van der Waals surface area (Å²) in [5.74, 6) is -4.42. The number of hydrogen-bond donors (Lipinski definition) is 0. The summed E-state index contributed by atoms with van der Waals surface area (Å²) in [6, 6.07) is 3.41. The monoisotopic (exact) mass is 310 g/mol. The van der Waals surface area contributed by atoms with E-state index in [1.807, 2.05) is 0 Å². The van der Waals surface area contributed by atoms with E-state index >= 15 is 0 Å². The normalized spacial score (nSPS) is 9.86. The van der Waals surface area contributed by atoms with Gasteiger partial charge in [-0.1, -0.05) is 12.1 Å². The Labute approximate surface area is 166 Å². The summed E-state index contributed by atoms with van der Waals surface area (Å²) in [4.78, 5) is 33.7. The standard InChI is InChI=1S/C13H14O6.2Na/c1-13(2,3)19-12(18)8-6-4-5-7(10(14)15)9(8)11(16)17;;/h4-6H,1-3H3,(H,14,15)(H,16,17);;/q;2*+1/p-2. The molecule has 0 radical (unpaired) electrons. The number of carboxylic acid groups (broad SMARTS) is 2. The Bertz CT molecular complexity index is 548. The van der Waals surface area contributed by atoms with Gasteiger partial charge in [-0.2, -0.15) is 0 Å². The Morgan fingerprint density at radius 1 is 0.952 bits per heavy atom. The summed E-state index contributed by atoms with van der Waals surface area (Å²) in [6.07, 6.45) is 0. The van der Waals surface area contributed by atoms with Crippen molar-refractivity contribution in [1.29, 1.82) is 0 Å². The number of esters is 1. The van der Waals surface area contributed by atoms with Crippen LogP contribution in [-0.4, -0.2) is 23.5 Å². The molecule has 0 amide bonds. The molecule has 0 heterocycles. The molecule has 0 fully saturated rings. The minimum Gasteiger partial charge on any atom is -0.545 e. The number of carbonyl (C=O) groups is 3. The van der Waals surface area contributed by atoms with Crippen molar-refractivity contribution in [2.45, 2.75) is 26.4 Å². The van der Waals surface area contributed by atoms with Crippen molar-refractivity contribution in [2.24, 2.45) is 0 Å². The van der Waals surface area contributed by atoms with E-state index in [9.17, 15) is 24.6 Å². The average molecular weight is 310 g/mol. The van der Waals surface area contributed by atoms with E-state index in [2.05, 4.69) is 0 Å². The number of carboxylic acids is 2. The maximum atomic E-state index is 11.8. The summed E-state index contributed by atoms with van der Waals surface area (Å²) in [5.41, 5.74) is -2.57. The maximum Gasteiger partial charge on any atom is 1.00 e. The molecule has 0 aliphatic carbocycles. The van der Waals surface area contributed by atoms with Gasteiger partial charge in [-0.05, 0) is 26.8 Å². The first-order chi connectivity index (χ1) is 8.63. The van der Waals surface area contributed by atoms with Crippen LogP contribution in [0, 0.1) is 0 Å². The zero-order valence-electron chi connectivity index (χ0n) is 12.7. The van der Waals surface area contributed by atoms with E-state index in [-0.39, 0.29) is 64.7 Å². The molecule has 6 nitrogen and oxygen atoms in total. The quantitative estimate of drug-likeness (QED) is 0.406. The fraction of sp³-hybridized carbons (Fsp3) is 0.308. The molecule has 1 rings (SSSR count). The van der Waals surface area contributed by atoms with E-state index in [0.29, 0.717) is 0 Å². The summed E-state index contributed by atoms with van der Waals surface area (Å²) >= 11 is 0. The van der Waals surface area contributed by atoms with Gasteiger partial charge in [0.15, 0.2) is 0 Å². The molecule has 21 heavy (non-hydrogen) atoms. The van der Waals surface area contributed by atoms with Crippen molar-refractivity contribution in [1.82, 2.24) is 0 Å². The maximum absolute atomic E-state index is 11.8. The van der Waals surface area contributed by atoms with Crippen molar-refractivity contribution in [3.05, 3.63) is 34.9 Å². The van der Waals surface area contributed by atoms with E-state index in [1.165, 1.54) is 6.07 Å². The van der Waals surface area contributed by atoms with Crippen LogP contribution in [0.15, 0.2) is 18.2 Å². The van der Waals surface area contributed by atoms with Crippen LogP contribution in [0.4, 0.5) is 0 Å².